The minimum Gasteiger partial charge on any atom is -0.476 e. The Kier molecular flexibility index (Phi) is 4.49. The number of hydrogen-bond donors (Lipinski definition) is 3. The maximum absolute atomic E-state index is 11.8. The molecule has 0 saturated heterocycles. The zero-order chi connectivity index (χ0) is 13.8. The Balaban J connectivity index is 1.73. The average molecular weight is 283 g/mol. The van der Waals surface area contributed by atoms with Gasteiger partial charge in [0.1, 0.15) is 0 Å². The van der Waals surface area contributed by atoms with Crippen LogP contribution in [0.4, 0.5) is 0 Å². The molecule has 104 valence electrons. The molecule has 1 aliphatic carbocycles. The number of aromatic carboxylic acids is 1. The largest absolute Gasteiger partial charge is 0.476 e. The summed E-state index contributed by atoms with van der Waals surface area (Å²) in [4.78, 5) is 26.4. The van der Waals surface area contributed by atoms with E-state index in [1.165, 1.54) is 16.7 Å². The average Bonchev–Trinajstić information content (AvgIpc) is 2.98. The Bertz CT molecular complexity index is 475. The number of nitrogens with one attached hydrogen (secondary N) is 1. The van der Waals surface area contributed by atoms with Crippen LogP contribution in [0.5, 0.6) is 0 Å². The van der Waals surface area contributed by atoms with E-state index in [1.807, 2.05) is 0 Å². The number of hydrogen-bond acceptors (Lipinski definition) is 5. The van der Waals surface area contributed by atoms with E-state index in [4.69, 9.17) is 10.8 Å². The summed E-state index contributed by atoms with van der Waals surface area (Å²) >= 11 is 1.30. The third-order valence-electron chi connectivity index (χ3n) is 3.25. The van der Waals surface area contributed by atoms with E-state index >= 15 is 0 Å². The zero-order valence-corrected chi connectivity index (χ0v) is 11.3. The van der Waals surface area contributed by atoms with Crippen LogP contribution in [-0.2, 0) is 11.2 Å². The van der Waals surface area contributed by atoms with Crippen LogP contribution in [0.15, 0.2) is 5.38 Å². The molecule has 1 fully saturated rings. The highest BCUT2D eigenvalue weighted by molar-refractivity contribution is 7.09. The van der Waals surface area contributed by atoms with E-state index < -0.39 is 5.97 Å². The van der Waals surface area contributed by atoms with Crippen LogP contribution < -0.4 is 11.1 Å². The smallest absolute Gasteiger partial charge is 0.355 e. The van der Waals surface area contributed by atoms with Crippen molar-refractivity contribution in [2.45, 2.75) is 31.7 Å². The number of carbonyl (C=O) groups excluding carboxylic acids is 1. The molecule has 2 atom stereocenters. The lowest BCUT2D eigenvalue weighted by atomic mass is 10.1. The van der Waals surface area contributed by atoms with Gasteiger partial charge in [0.15, 0.2) is 5.69 Å². The third kappa shape index (κ3) is 3.74. The first kappa shape index (κ1) is 14.0. The molecule has 1 heterocycles. The number of carboxylic acid groups (broad SMARTS) is 1. The number of aromatic nitrogens is 1. The number of rotatable bonds is 5. The molecule has 19 heavy (non-hydrogen) atoms. The topological polar surface area (TPSA) is 105 Å². The van der Waals surface area contributed by atoms with Gasteiger partial charge in [-0.25, -0.2) is 9.78 Å². The molecule has 1 aromatic rings. The predicted octanol–water partition coefficient (Wildman–Crippen LogP) is 0.627. The van der Waals surface area contributed by atoms with Crippen molar-refractivity contribution in [2.75, 3.05) is 6.54 Å². The molecule has 1 aliphatic rings. The number of amides is 1. The summed E-state index contributed by atoms with van der Waals surface area (Å²) in [7, 11) is 0. The number of nitrogens with zero attached hydrogens (tertiary/aromatic N) is 1. The van der Waals surface area contributed by atoms with Gasteiger partial charge in [-0.15, -0.1) is 11.3 Å². The highest BCUT2D eigenvalue weighted by Gasteiger charge is 2.27. The standard InChI is InChI=1S/C12H17N3O3S/c13-8-2-1-7(5-8)11(16)14-4-3-10-15-9(6-19-10)12(17)18/h6-8H,1-5,13H2,(H,14,16)(H,17,18). The van der Waals surface area contributed by atoms with Gasteiger partial charge >= 0.3 is 5.97 Å². The number of carboxylic acids is 1. The Morgan fingerprint density at radius 2 is 2.32 bits per heavy atom. The van der Waals surface area contributed by atoms with Gasteiger partial charge in [-0.2, -0.15) is 0 Å². The highest BCUT2D eigenvalue weighted by atomic mass is 32.1. The van der Waals surface area contributed by atoms with E-state index in [9.17, 15) is 9.59 Å². The van der Waals surface area contributed by atoms with Crippen LogP contribution >= 0.6 is 11.3 Å². The summed E-state index contributed by atoms with van der Waals surface area (Å²) in [6.45, 7) is 0.483. The first-order valence-corrected chi connectivity index (χ1v) is 7.15. The molecule has 7 heteroatoms. The van der Waals surface area contributed by atoms with Crippen molar-refractivity contribution in [3.05, 3.63) is 16.1 Å². The first-order chi connectivity index (χ1) is 9.06. The van der Waals surface area contributed by atoms with Crippen molar-refractivity contribution in [1.82, 2.24) is 10.3 Å². The maximum atomic E-state index is 11.8. The van der Waals surface area contributed by atoms with Crippen LogP contribution in [0.2, 0.25) is 0 Å². The van der Waals surface area contributed by atoms with Crippen molar-refractivity contribution in [3.8, 4) is 0 Å². The Morgan fingerprint density at radius 3 is 2.89 bits per heavy atom. The number of carbonyl (C=O) groups is 2. The molecule has 0 radical (unpaired) electrons. The molecule has 1 aromatic heterocycles. The zero-order valence-electron chi connectivity index (χ0n) is 10.5. The molecule has 1 amide bonds. The molecule has 0 spiro atoms. The predicted molar refractivity (Wildman–Crippen MR) is 71.1 cm³/mol. The summed E-state index contributed by atoms with van der Waals surface area (Å²) in [5, 5.41) is 13.8. The van der Waals surface area contributed by atoms with Gasteiger partial charge in [0.05, 0.1) is 5.01 Å². The van der Waals surface area contributed by atoms with Crippen LogP contribution in [0.25, 0.3) is 0 Å². The van der Waals surface area contributed by atoms with Gasteiger partial charge in [0.25, 0.3) is 0 Å². The van der Waals surface area contributed by atoms with E-state index in [2.05, 4.69) is 10.3 Å². The second-order valence-electron chi connectivity index (χ2n) is 4.74. The van der Waals surface area contributed by atoms with Crippen molar-refractivity contribution in [1.29, 1.82) is 0 Å². The molecule has 6 nitrogen and oxygen atoms in total. The van der Waals surface area contributed by atoms with Crippen LogP contribution in [0.1, 0.15) is 34.8 Å². The van der Waals surface area contributed by atoms with Crippen molar-refractivity contribution >= 4 is 23.2 Å². The molecule has 4 N–H and O–H groups in total. The summed E-state index contributed by atoms with van der Waals surface area (Å²) in [6, 6.07) is 0.146. The molecular weight excluding hydrogens is 266 g/mol. The number of nitrogens with two attached hydrogens (primary N) is 1. The van der Waals surface area contributed by atoms with Gasteiger partial charge in [-0.05, 0) is 19.3 Å². The van der Waals surface area contributed by atoms with Crippen LogP contribution in [0.3, 0.4) is 0 Å². The second-order valence-corrected chi connectivity index (χ2v) is 5.69. The minimum atomic E-state index is -1.02. The van der Waals surface area contributed by atoms with Gasteiger partial charge < -0.3 is 16.2 Å². The summed E-state index contributed by atoms with van der Waals surface area (Å²) in [5.74, 6) is -0.949. The lowest BCUT2D eigenvalue weighted by Crippen LogP contribution is -2.31. The Morgan fingerprint density at radius 1 is 1.53 bits per heavy atom. The monoisotopic (exact) mass is 283 g/mol. The maximum Gasteiger partial charge on any atom is 0.355 e. The van der Waals surface area contributed by atoms with Crippen molar-refractivity contribution < 1.29 is 14.7 Å². The van der Waals surface area contributed by atoms with E-state index in [0.717, 1.165) is 24.3 Å². The van der Waals surface area contributed by atoms with Crippen LogP contribution in [-0.4, -0.2) is 34.6 Å². The normalized spacial score (nSPS) is 22.4. The Hall–Kier alpha value is -1.47. The van der Waals surface area contributed by atoms with E-state index in [-0.39, 0.29) is 23.6 Å². The lowest BCUT2D eigenvalue weighted by Gasteiger charge is -2.09. The first-order valence-electron chi connectivity index (χ1n) is 6.27. The molecule has 2 rings (SSSR count). The van der Waals surface area contributed by atoms with Crippen molar-refractivity contribution in [2.24, 2.45) is 11.7 Å². The van der Waals surface area contributed by atoms with Gasteiger partial charge in [-0.3, -0.25) is 4.79 Å². The fourth-order valence-corrected chi connectivity index (χ4v) is 2.99. The van der Waals surface area contributed by atoms with Crippen LogP contribution in [0, 0.1) is 5.92 Å². The SMILES string of the molecule is NC1CCC(C(=O)NCCc2nc(C(=O)O)cs2)C1. The summed E-state index contributed by atoms with van der Waals surface area (Å²) in [5.41, 5.74) is 5.83. The highest BCUT2D eigenvalue weighted by Crippen LogP contribution is 2.23. The fraction of sp³-hybridized carbons (Fsp3) is 0.583. The molecule has 0 aromatic carbocycles. The number of thiazole rings is 1. The molecule has 1 saturated carbocycles. The van der Waals surface area contributed by atoms with Gasteiger partial charge in [-0.1, -0.05) is 0 Å². The van der Waals surface area contributed by atoms with Crippen molar-refractivity contribution in [3.63, 3.8) is 0 Å². The second kappa shape index (κ2) is 6.12. The molecule has 0 aliphatic heterocycles. The molecular formula is C12H17N3O3S. The Labute approximate surface area is 115 Å². The fourth-order valence-electron chi connectivity index (χ4n) is 2.22. The van der Waals surface area contributed by atoms with Gasteiger partial charge in [0, 0.05) is 30.3 Å². The molecule has 2 unspecified atom stereocenters. The van der Waals surface area contributed by atoms with E-state index in [0.29, 0.717) is 13.0 Å². The summed E-state index contributed by atoms with van der Waals surface area (Å²) in [6.07, 6.45) is 3.08. The van der Waals surface area contributed by atoms with Gasteiger partial charge in [0.2, 0.25) is 5.91 Å². The van der Waals surface area contributed by atoms with E-state index in [1.54, 1.807) is 0 Å². The minimum absolute atomic E-state index is 0.0286. The summed E-state index contributed by atoms with van der Waals surface area (Å²) < 4.78 is 0. The molecule has 0 bridgehead atoms. The lowest BCUT2D eigenvalue weighted by molar-refractivity contribution is -0.124. The third-order valence-corrected chi connectivity index (χ3v) is 4.16. The quantitative estimate of drug-likeness (QED) is 0.735.